The normalized spacial score (nSPS) is 13.4. The summed E-state index contributed by atoms with van der Waals surface area (Å²) in [4.78, 5) is 48.5. The van der Waals surface area contributed by atoms with Crippen molar-refractivity contribution in [3.8, 4) is 0 Å². The van der Waals surface area contributed by atoms with Gasteiger partial charge in [0.1, 0.15) is 12.7 Å². The highest BCUT2D eigenvalue weighted by molar-refractivity contribution is 7.47. The fraction of sp³-hybridized carbons (Fsp3) is 0.914. The molecule has 0 bridgehead atoms. The van der Waals surface area contributed by atoms with E-state index in [0.29, 0.717) is 19.3 Å². The highest BCUT2D eigenvalue weighted by Crippen LogP contribution is 2.43. The molecule has 0 saturated heterocycles. The van der Waals surface area contributed by atoms with Crippen molar-refractivity contribution in [2.75, 3.05) is 26.4 Å². The van der Waals surface area contributed by atoms with Gasteiger partial charge in [-0.25, -0.2) is 4.57 Å². The van der Waals surface area contributed by atoms with Crippen LogP contribution in [0.25, 0.3) is 0 Å². The lowest BCUT2D eigenvalue weighted by molar-refractivity contribution is -0.161. The van der Waals surface area contributed by atoms with Crippen LogP contribution in [0.4, 0.5) is 0 Å². The van der Waals surface area contributed by atoms with Crippen LogP contribution in [-0.2, 0) is 42.2 Å². The molecule has 0 fully saturated rings. The van der Waals surface area contributed by atoms with Crippen molar-refractivity contribution >= 4 is 25.7 Å². The zero-order valence-corrected chi connectivity index (χ0v) is 46.7. The molecule has 0 rings (SSSR count). The second-order valence-corrected chi connectivity index (χ2v) is 21.6. The lowest BCUT2D eigenvalue weighted by Gasteiger charge is -2.21. The Morgan fingerprint density at radius 2 is 0.657 bits per heavy atom. The number of rotatable bonds is 56. The van der Waals surface area contributed by atoms with Crippen LogP contribution in [0.2, 0.25) is 0 Å². The number of esters is 3. The SMILES string of the molecule is CCCCCCCC/C=C\CCCCCCCCCC(=O)OC(COC(=O)CCCCCCCCCCCCCCC)COP(=O)(O)OCC(CO)OC(=O)CCCCCCCCCCCCCCC. The molecule has 0 aromatic carbocycles. The summed E-state index contributed by atoms with van der Waals surface area (Å²) in [6.45, 7) is 4.69. The first-order valence-electron chi connectivity index (χ1n) is 29.6. The Labute approximate surface area is 430 Å². The molecule has 0 heterocycles. The highest BCUT2D eigenvalue weighted by atomic mass is 31.2. The number of phosphoric acid groups is 1. The molecule has 0 amide bonds. The van der Waals surface area contributed by atoms with Crippen molar-refractivity contribution in [2.24, 2.45) is 0 Å². The molecule has 3 unspecified atom stereocenters. The minimum atomic E-state index is -4.74. The molecule has 3 atom stereocenters. The van der Waals surface area contributed by atoms with Crippen LogP contribution in [0.5, 0.6) is 0 Å². The van der Waals surface area contributed by atoms with E-state index in [1.54, 1.807) is 0 Å². The maximum absolute atomic E-state index is 12.9. The quantitative estimate of drug-likeness (QED) is 0.0197. The van der Waals surface area contributed by atoms with Gasteiger partial charge >= 0.3 is 25.7 Å². The number of allylic oxidation sites excluding steroid dienone is 2. The van der Waals surface area contributed by atoms with Gasteiger partial charge in [0.25, 0.3) is 0 Å². The number of phosphoric ester groups is 1. The lowest BCUT2D eigenvalue weighted by Crippen LogP contribution is -2.30. The Morgan fingerprint density at radius 1 is 0.386 bits per heavy atom. The molecular formula is C58H111O11P. The first-order chi connectivity index (χ1) is 34.2. The van der Waals surface area contributed by atoms with Crippen LogP contribution in [-0.4, -0.2) is 66.5 Å². The maximum atomic E-state index is 12.9. The number of unbranched alkanes of at least 4 members (excludes halogenated alkanes) is 37. The molecule has 70 heavy (non-hydrogen) atoms. The molecule has 2 N–H and O–H groups in total. The molecule has 0 aromatic rings. The smallest absolute Gasteiger partial charge is 0.462 e. The van der Waals surface area contributed by atoms with Crippen LogP contribution in [0.15, 0.2) is 12.2 Å². The standard InChI is InChI=1S/C58H111O11P/c1-4-7-10-13-16-19-22-25-26-27-28-31-34-37-40-43-46-49-58(62)69-55(51-65-56(60)47-44-41-38-35-32-29-23-20-17-14-11-8-5-2)53-67-70(63,64)66-52-54(50-59)68-57(61)48-45-42-39-36-33-30-24-21-18-15-12-9-6-3/h25-26,54-55,59H,4-24,27-53H2,1-3H3,(H,63,64)/b26-25-. The summed E-state index contributed by atoms with van der Waals surface area (Å²) in [5.41, 5.74) is 0. The largest absolute Gasteiger partial charge is 0.472 e. The Morgan fingerprint density at radius 3 is 0.986 bits per heavy atom. The first-order valence-corrected chi connectivity index (χ1v) is 31.1. The van der Waals surface area contributed by atoms with Gasteiger partial charge in [-0.3, -0.25) is 23.4 Å². The van der Waals surface area contributed by atoms with E-state index < -0.39 is 57.8 Å². The number of hydrogen-bond acceptors (Lipinski definition) is 10. The second-order valence-electron chi connectivity index (χ2n) is 20.2. The summed E-state index contributed by atoms with van der Waals surface area (Å²) in [6, 6.07) is 0. The lowest BCUT2D eigenvalue weighted by atomic mass is 10.0. The molecule has 0 saturated carbocycles. The summed E-state index contributed by atoms with van der Waals surface area (Å²) < 4.78 is 39.5. The Balaban J connectivity index is 4.67. The van der Waals surface area contributed by atoms with Crippen LogP contribution >= 0.6 is 7.82 Å². The summed E-state index contributed by atoms with van der Waals surface area (Å²) in [7, 11) is -4.74. The number of aliphatic hydroxyl groups excluding tert-OH is 1. The van der Waals surface area contributed by atoms with E-state index in [9.17, 15) is 28.9 Å². The molecule has 0 radical (unpaired) electrons. The zero-order chi connectivity index (χ0) is 51.3. The van der Waals surface area contributed by atoms with E-state index in [4.69, 9.17) is 23.3 Å². The van der Waals surface area contributed by atoms with E-state index in [0.717, 1.165) is 64.2 Å². The van der Waals surface area contributed by atoms with Gasteiger partial charge in [-0.1, -0.05) is 251 Å². The van der Waals surface area contributed by atoms with Crippen LogP contribution < -0.4 is 0 Å². The average molecular weight is 1020 g/mol. The highest BCUT2D eigenvalue weighted by Gasteiger charge is 2.28. The number of carbonyl (C=O) groups excluding carboxylic acids is 3. The second kappa shape index (κ2) is 53.5. The molecule has 414 valence electrons. The zero-order valence-electron chi connectivity index (χ0n) is 45.8. The van der Waals surface area contributed by atoms with Gasteiger partial charge in [0.05, 0.1) is 19.8 Å². The van der Waals surface area contributed by atoms with Gasteiger partial charge in [0.2, 0.25) is 0 Å². The predicted octanol–water partition coefficient (Wildman–Crippen LogP) is 17.3. The minimum Gasteiger partial charge on any atom is -0.462 e. The maximum Gasteiger partial charge on any atom is 0.472 e. The number of aliphatic hydroxyl groups is 1. The van der Waals surface area contributed by atoms with E-state index in [-0.39, 0.29) is 25.9 Å². The van der Waals surface area contributed by atoms with Crippen molar-refractivity contribution < 1.29 is 52.2 Å². The van der Waals surface area contributed by atoms with Crippen LogP contribution in [0.1, 0.15) is 303 Å². The van der Waals surface area contributed by atoms with Gasteiger partial charge in [-0.05, 0) is 44.9 Å². The van der Waals surface area contributed by atoms with Crippen molar-refractivity contribution in [3.63, 3.8) is 0 Å². The average Bonchev–Trinajstić information content (AvgIpc) is 3.35. The fourth-order valence-electron chi connectivity index (χ4n) is 8.65. The Hall–Kier alpha value is -1.78. The predicted molar refractivity (Wildman–Crippen MR) is 289 cm³/mol. The van der Waals surface area contributed by atoms with Crippen LogP contribution in [0, 0.1) is 0 Å². The van der Waals surface area contributed by atoms with Crippen molar-refractivity contribution in [3.05, 3.63) is 12.2 Å². The van der Waals surface area contributed by atoms with Gasteiger partial charge in [-0.2, -0.15) is 0 Å². The Kier molecular flexibility index (Phi) is 52.1. The number of hydrogen-bond donors (Lipinski definition) is 2. The summed E-state index contributed by atoms with van der Waals surface area (Å²) in [6.07, 6.45) is 51.6. The number of ether oxygens (including phenoxy) is 3. The summed E-state index contributed by atoms with van der Waals surface area (Å²) in [5.74, 6) is -1.44. The van der Waals surface area contributed by atoms with Crippen molar-refractivity contribution in [2.45, 2.75) is 315 Å². The molecule has 12 heteroatoms. The molecule has 0 aliphatic rings. The van der Waals surface area contributed by atoms with Crippen LogP contribution in [0.3, 0.4) is 0 Å². The summed E-state index contributed by atoms with van der Waals surface area (Å²) >= 11 is 0. The van der Waals surface area contributed by atoms with Gasteiger partial charge < -0.3 is 24.2 Å². The van der Waals surface area contributed by atoms with E-state index in [1.807, 2.05) is 0 Å². The molecule has 0 aliphatic carbocycles. The molecule has 0 spiro atoms. The fourth-order valence-corrected chi connectivity index (χ4v) is 9.43. The third kappa shape index (κ3) is 51.1. The van der Waals surface area contributed by atoms with E-state index >= 15 is 0 Å². The van der Waals surface area contributed by atoms with Gasteiger partial charge in [0.15, 0.2) is 6.10 Å². The minimum absolute atomic E-state index is 0.170. The van der Waals surface area contributed by atoms with Gasteiger partial charge in [0, 0.05) is 19.3 Å². The topological polar surface area (TPSA) is 155 Å². The number of carbonyl (C=O) groups is 3. The third-order valence-electron chi connectivity index (χ3n) is 13.2. The van der Waals surface area contributed by atoms with Gasteiger partial charge in [-0.15, -0.1) is 0 Å². The summed E-state index contributed by atoms with van der Waals surface area (Å²) in [5, 5.41) is 9.80. The van der Waals surface area contributed by atoms with E-state index in [2.05, 4.69) is 32.9 Å². The molecule has 0 aliphatic heterocycles. The molecule has 0 aromatic heterocycles. The first kappa shape index (κ1) is 68.2. The molecular weight excluding hydrogens is 904 g/mol. The van der Waals surface area contributed by atoms with E-state index in [1.165, 1.54) is 180 Å². The van der Waals surface area contributed by atoms with Crippen molar-refractivity contribution in [1.29, 1.82) is 0 Å². The Bertz CT molecular complexity index is 1230. The monoisotopic (exact) mass is 1010 g/mol. The third-order valence-corrected chi connectivity index (χ3v) is 14.1. The van der Waals surface area contributed by atoms with Crippen molar-refractivity contribution in [1.82, 2.24) is 0 Å². The molecule has 11 nitrogen and oxygen atoms in total.